The Morgan fingerprint density at radius 2 is 2.00 bits per heavy atom. The van der Waals surface area contributed by atoms with Crippen LogP contribution in [0.25, 0.3) is 10.9 Å². The number of carbonyl (C=O) groups excluding carboxylic acids is 1. The number of nitrogens with zero attached hydrogens (tertiary/aromatic N) is 1. The molecule has 0 amide bonds. The van der Waals surface area contributed by atoms with Crippen molar-refractivity contribution in [1.29, 1.82) is 0 Å². The van der Waals surface area contributed by atoms with Gasteiger partial charge < -0.3 is 9.84 Å². The number of pyridine rings is 1. The zero-order chi connectivity index (χ0) is 12.4. The summed E-state index contributed by atoms with van der Waals surface area (Å²) in [6.45, 7) is 1.28. The van der Waals surface area contributed by atoms with E-state index in [0.717, 1.165) is 0 Å². The van der Waals surface area contributed by atoms with Gasteiger partial charge >= 0.3 is 11.9 Å². The summed E-state index contributed by atoms with van der Waals surface area (Å²) in [5.41, 5.74) is 0.278. The summed E-state index contributed by atoms with van der Waals surface area (Å²) in [7, 11) is 0. The number of benzene rings is 1. The van der Waals surface area contributed by atoms with E-state index < -0.39 is 11.9 Å². The third-order valence-corrected chi connectivity index (χ3v) is 2.16. The molecule has 1 aromatic heterocycles. The minimum atomic E-state index is -1.12. The molecule has 0 saturated carbocycles. The van der Waals surface area contributed by atoms with Gasteiger partial charge in [-0.1, -0.05) is 18.2 Å². The SMILES string of the molecule is CC(=O)Oc1cccc2ccc(C(=O)O)nc12. The molecule has 0 fully saturated rings. The molecule has 0 bridgehead atoms. The number of aromatic nitrogens is 1. The molecule has 0 radical (unpaired) electrons. The lowest BCUT2D eigenvalue weighted by Gasteiger charge is -2.05. The van der Waals surface area contributed by atoms with Crippen molar-refractivity contribution in [3.8, 4) is 5.75 Å². The van der Waals surface area contributed by atoms with Crippen LogP contribution in [0.1, 0.15) is 17.4 Å². The highest BCUT2D eigenvalue weighted by atomic mass is 16.5. The Hall–Kier alpha value is -2.43. The maximum atomic E-state index is 10.9. The van der Waals surface area contributed by atoms with Crippen LogP contribution in [-0.2, 0) is 4.79 Å². The fourth-order valence-electron chi connectivity index (χ4n) is 1.48. The molecule has 0 spiro atoms. The van der Waals surface area contributed by atoms with Crippen molar-refractivity contribution < 1.29 is 19.4 Å². The van der Waals surface area contributed by atoms with Crippen LogP contribution in [0.3, 0.4) is 0 Å². The molecule has 0 saturated heterocycles. The van der Waals surface area contributed by atoms with Crippen molar-refractivity contribution in [3.63, 3.8) is 0 Å². The molecular formula is C12H9NO4. The van der Waals surface area contributed by atoms with Gasteiger partial charge in [0.15, 0.2) is 5.75 Å². The first-order valence-electron chi connectivity index (χ1n) is 4.89. The Kier molecular flexibility index (Phi) is 2.74. The maximum Gasteiger partial charge on any atom is 0.354 e. The summed E-state index contributed by atoms with van der Waals surface area (Å²) in [5, 5.41) is 9.56. The van der Waals surface area contributed by atoms with Gasteiger partial charge in [0.2, 0.25) is 0 Å². The number of para-hydroxylation sites is 1. The quantitative estimate of drug-likeness (QED) is 0.630. The van der Waals surface area contributed by atoms with E-state index in [1.807, 2.05) is 0 Å². The monoisotopic (exact) mass is 231 g/mol. The van der Waals surface area contributed by atoms with Gasteiger partial charge in [-0.3, -0.25) is 4.79 Å². The van der Waals surface area contributed by atoms with E-state index in [0.29, 0.717) is 10.9 Å². The van der Waals surface area contributed by atoms with Crippen LogP contribution in [0.4, 0.5) is 0 Å². The number of fused-ring (bicyclic) bond motifs is 1. The molecular weight excluding hydrogens is 222 g/mol. The molecule has 1 aromatic carbocycles. The van der Waals surface area contributed by atoms with Gasteiger partial charge in [-0.25, -0.2) is 9.78 Å². The first kappa shape index (κ1) is 11.1. The predicted molar refractivity (Wildman–Crippen MR) is 60.0 cm³/mol. The smallest absolute Gasteiger partial charge is 0.354 e. The molecule has 0 aliphatic rings. The highest BCUT2D eigenvalue weighted by Gasteiger charge is 2.10. The van der Waals surface area contributed by atoms with E-state index in [9.17, 15) is 9.59 Å². The van der Waals surface area contributed by atoms with Gasteiger partial charge in [-0.05, 0) is 12.1 Å². The van der Waals surface area contributed by atoms with E-state index in [4.69, 9.17) is 9.84 Å². The third kappa shape index (κ3) is 2.23. The highest BCUT2D eigenvalue weighted by Crippen LogP contribution is 2.24. The van der Waals surface area contributed by atoms with Gasteiger partial charge in [0.1, 0.15) is 11.2 Å². The standard InChI is InChI=1S/C12H9NO4/c1-7(14)17-10-4-2-3-8-5-6-9(12(15)16)13-11(8)10/h2-6H,1H3,(H,15,16). The molecule has 86 valence electrons. The second-order valence-electron chi connectivity index (χ2n) is 3.42. The van der Waals surface area contributed by atoms with Crippen LogP contribution in [0.2, 0.25) is 0 Å². The second kappa shape index (κ2) is 4.21. The van der Waals surface area contributed by atoms with Crippen LogP contribution in [-0.4, -0.2) is 22.0 Å². The van der Waals surface area contributed by atoms with Gasteiger partial charge in [0, 0.05) is 12.3 Å². The van der Waals surface area contributed by atoms with Crippen molar-refractivity contribution >= 4 is 22.8 Å². The van der Waals surface area contributed by atoms with Crippen LogP contribution in [0, 0.1) is 0 Å². The summed E-state index contributed by atoms with van der Waals surface area (Å²) < 4.78 is 4.97. The fraction of sp³-hybridized carbons (Fsp3) is 0.0833. The third-order valence-electron chi connectivity index (χ3n) is 2.16. The number of ether oxygens (including phenoxy) is 1. The molecule has 2 aromatic rings. The van der Waals surface area contributed by atoms with Crippen LogP contribution in [0.5, 0.6) is 5.75 Å². The van der Waals surface area contributed by atoms with E-state index >= 15 is 0 Å². The molecule has 0 aliphatic heterocycles. The number of hydrogen-bond acceptors (Lipinski definition) is 4. The van der Waals surface area contributed by atoms with Crippen LogP contribution in [0.15, 0.2) is 30.3 Å². The summed E-state index contributed by atoms with van der Waals surface area (Å²) in [5.74, 6) is -1.33. The Balaban J connectivity index is 2.63. The lowest BCUT2D eigenvalue weighted by Crippen LogP contribution is -2.04. The van der Waals surface area contributed by atoms with E-state index in [-0.39, 0.29) is 11.4 Å². The number of carboxylic acid groups (broad SMARTS) is 1. The molecule has 0 unspecified atom stereocenters. The Morgan fingerprint density at radius 1 is 1.24 bits per heavy atom. The summed E-state index contributed by atoms with van der Waals surface area (Å²) in [6.07, 6.45) is 0. The summed E-state index contributed by atoms with van der Waals surface area (Å²) in [6, 6.07) is 8.08. The Morgan fingerprint density at radius 3 is 2.65 bits per heavy atom. The molecule has 0 atom stereocenters. The number of rotatable bonds is 2. The molecule has 5 nitrogen and oxygen atoms in total. The minimum absolute atomic E-state index is 0.0860. The summed E-state index contributed by atoms with van der Waals surface area (Å²) in [4.78, 5) is 25.7. The van der Waals surface area contributed by atoms with E-state index in [2.05, 4.69) is 4.98 Å². The molecule has 1 N–H and O–H groups in total. The predicted octanol–water partition coefficient (Wildman–Crippen LogP) is 1.86. The number of esters is 1. The molecule has 2 rings (SSSR count). The average molecular weight is 231 g/mol. The Labute approximate surface area is 96.7 Å². The van der Waals surface area contributed by atoms with Gasteiger partial charge in [0.05, 0.1) is 0 Å². The molecule has 5 heteroatoms. The van der Waals surface area contributed by atoms with Crippen LogP contribution < -0.4 is 4.74 Å². The van der Waals surface area contributed by atoms with E-state index in [1.54, 1.807) is 24.3 Å². The van der Waals surface area contributed by atoms with Crippen molar-refractivity contribution in [1.82, 2.24) is 4.98 Å². The average Bonchev–Trinajstić information content (AvgIpc) is 2.28. The zero-order valence-corrected chi connectivity index (χ0v) is 9.01. The fourth-order valence-corrected chi connectivity index (χ4v) is 1.48. The van der Waals surface area contributed by atoms with Crippen LogP contribution >= 0.6 is 0 Å². The van der Waals surface area contributed by atoms with Crippen molar-refractivity contribution in [3.05, 3.63) is 36.0 Å². The number of carbonyl (C=O) groups is 2. The van der Waals surface area contributed by atoms with Gasteiger partial charge in [0.25, 0.3) is 0 Å². The maximum absolute atomic E-state index is 10.9. The highest BCUT2D eigenvalue weighted by molar-refractivity contribution is 5.92. The largest absolute Gasteiger partial charge is 0.477 e. The Bertz CT molecular complexity index is 606. The van der Waals surface area contributed by atoms with Crippen molar-refractivity contribution in [2.24, 2.45) is 0 Å². The molecule has 0 aliphatic carbocycles. The number of aromatic carboxylic acids is 1. The van der Waals surface area contributed by atoms with Crippen molar-refractivity contribution in [2.75, 3.05) is 0 Å². The van der Waals surface area contributed by atoms with Gasteiger partial charge in [-0.2, -0.15) is 0 Å². The first-order chi connectivity index (χ1) is 8.08. The summed E-state index contributed by atoms with van der Waals surface area (Å²) >= 11 is 0. The normalized spacial score (nSPS) is 10.2. The van der Waals surface area contributed by atoms with Gasteiger partial charge in [-0.15, -0.1) is 0 Å². The second-order valence-corrected chi connectivity index (χ2v) is 3.42. The lowest BCUT2D eigenvalue weighted by atomic mass is 10.2. The number of hydrogen-bond donors (Lipinski definition) is 1. The van der Waals surface area contributed by atoms with Crippen molar-refractivity contribution in [2.45, 2.75) is 6.92 Å². The van der Waals surface area contributed by atoms with E-state index in [1.165, 1.54) is 13.0 Å². The first-order valence-corrected chi connectivity index (χ1v) is 4.89. The lowest BCUT2D eigenvalue weighted by molar-refractivity contribution is -0.131. The topological polar surface area (TPSA) is 76.5 Å². The molecule has 1 heterocycles. The zero-order valence-electron chi connectivity index (χ0n) is 9.01. The minimum Gasteiger partial charge on any atom is -0.477 e. The molecule has 17 heavy (non-hydrogen) atoms. The number of carboxylic acids is 1.